The Kier molecular flexibility index (Phi) is 8.87. The number of para-hydroxylation sites is 2. The van der Waals surface area contributed by atoms with E-state index in [9.17, 15) is 29.4 Å². The maximum absolute atomic E-state index is 14.7. The first-order valence-electron chi connectivity index (χ1n) is 19.0. The minimum atomic E-state index is -2.07. The number of benzene rings is 5. The zero-order chi connectivity index (χ0) is 39.4. The molecule has 0 bridgehead atoms. The Morgan fingerprint density at radius 1 is 0.807 bits per heavy atom. The van der Waals surface area contributed by atoms with Gasteiger partial charge in [0.05, 0.1) is 58.1 Å². The molecule has 0 saturated carbocycles. The zero-order valence-corrected chi connectivity index (χ0v) is 31.1. The Hall–Kier alpha value is -6.76. The monoisotopic (exact) mass is 760 g/mol. The van der Waals surface area contributed by atoms with E-state index >= 15 is 0 Å². The van der Waals surface area contributed by atoms with Gasteiger partial charge in [0, 0.05) is 24.4 Å². The molecule has 2 aromatic heterocycles. The smallest absolute Gasteiger partial charge is 0.279 e. The van der Waals surface area contributed by atoms with E-state index in [1.165, 1.54) is 14.3 Å². The third-order valence-electron chi connectivity index (χ3n) is 11.5. The number of aromatic nitrogens is 4. The van der Waals surface area contributed by atoms with Crippen LogP contribution < -0.4 is 16.0 Å². The summed E-state index contributed by atoms with van der Waals surface area (Å²) in [7, 11) is 0. The molecule has 2 aliphatic heterocycles. The van der Waals surface area contributed by atoms with Crippen LogP contribution in [0.3, 0.4) is 0 Å². The normalized spacial score (nSPS) is 18.4. The molecule has 286 valence electrons. The highest BCUT2D eigenvalue weighted by molar-refractivity contribution is 6.07. The number of aromatic amines is 2. The molecule has 0 saturated heterocycles. The Labute approximate surface area is 326 Å². The van der Waals surface area contributed by atoms with Crippen molar-refractivity contribution >= 4 is 39.3 Å². The summed E-state index contributed by atoms with van der Waals surface area (Å²) in [6, 6.07) is 34.4. The van der Waals surface area contributed by atoms with Crippen molar-refractivity contribution in [2.24, 2.45) is 5.92 Å². The SMILES string of the molecule is C[C@H](/C=C/CC(=O)N1Cc2ccccc2C[C@H]1CO)[C@@]1(O)C(=O)N(Cc2cccc(-n3[nH]c4ccccc4c3=O)c2)c2ccc(-n3[nH]c4ccccc4c3=O)cc21. The second kappa shape index (κ2) is 14.1. The van der Waals surface area contributed by atoms with Gasteiger partial charge in [0.25, 0.3) is 17.0 Å². The first-order chi connectivity index (χ1) is 27.6. The van der Waals surface area contributed by atoms with Crippen LogP contribution in [0.25, 0.3) is 33.2 Å². The fraction of sp³-hybridized carbons (Fsp3) is 0.200. The number of anilines is 1. The van der Waals surface area contributed by atoms with E-state index in [4.69, 9.17) is 0 Å². The van der Waals surface area contributed by atoms with Gasteiger partial charge in [-0.15, -0.1) is 0 Å². The molecule has 0 spiro atoms. The number of aliphatic hydroxyl groups excluding tert-OH is 1. The summed E-state index contributed by atoms with van der Waals surface area (Å²) >= 11 is 0. The van der Waals surface area contributed by atoms with Gasteiger partial charge in [0.1, 0.15) is 0 Å². The van der Waals surface area contributed by atoms with Crippen molar-refractivity contribution in [3.05, 3.63) is 170 Å². The number of fused-ring (bicyclic) bond motifs is 4. The number of nitrogens with zero attached hydrogens (tertiary/aromatic N) is 4. The van der Waals surface area contributed by atoms with Gasteiger partial charge >= 0.3 is 0 Å². The lowest BCUT2D eigenvalue weighted by molar-refractivity contribution is -0.139. The number of hydrogen-bond donors (Lipinski definition) is 4. The van der Waals surface area contributed by atoms with Crippen molar-refractivity contribution in [3.63, 3.8) is 0 Å². The lowest BCUT2D eigenvalue weighted by Crippen LogP contribution is -2.46. The largest absolute Gasteiger partial charge is 0.394 e. The van der Waals surface area contributed by atoms with Gasteiger partial charge in [-0.05, 0) is 77.7 Å². The van der Waals surface area contributed by atoms with Gasteiger partial charge < -0.3 is 20.0 Å². The molecule has 0 aliphatic carbocycles. The molecule has 0 fully saturated rings. The molecule has 3 atom stereocenters. The van der Waals surface area contributed by atoms with Crippen LogP contribution in [0.1, 0.15) is 35.6 Å². The molecule has 57 heavy (non-hydrogen) atoms. The molecule has 7 aromatic rings. The number of H-pyrrole nitrogens is 2. The average molecular weight is 761 g/mol. The fourth-order valence-electron chi connectivity index (χ4n) is 8.36. The van der Waals surface area contributed by atoms with Crippen LogP contribution in [-0.4, -0.2) is 59.1 Å². The van der Waals surface area contributed by atoms with E-state index in [1.807, 2.05) is 66.7 Å². The average Bonchev–Trinajstić information content (AvgIpc) is 3.84. The molecule has 2 aliphatic rings. The summed E-state index contributed by atoms with van der Waals surface area (Å²) in [5.41, 5.74) is 3.49. The molecule has 4 heterocycles. The van der Waals surface area contributed by atoms with Crippen molar-refractivity contribution in [1.82, 2.24) is 24.5 Å². The van der Waals surface area contributed by atoms with Crippen LogP contribution >= 0.6 is 0 Å². The van der Waals surface area contributed by atoms with Crippen LogP contribution in [0.2, 0.25) is 0 Å². The molecular formula is C45H40N6O6. The molecule has 0 unspecified atom stereocenters. The molecule has 12 heteroatoms. The van der Waals surface area contributed by atoms with Gasteiger partial charge in [0.15, 0.2) is 5.60 Å². The summed E-state index contributed by atoms with van der Waals surface area (Å²) < 4.78 is 2.86. The number of hydrogen-bond acceptors (Lipinski definition) is 6. The quantitative estimate of drug-likeness (QED) is 0.148. The van der Waals surface area contributed by atoms with Crippen molar-refractivity contribution in [2.75, 3.05) is 11.5 Å². The first kappa shape index (κ1) is 35.9. The van der Waals surface area contributed by atoms with Crippen LogP contribution in [-0.2, 0) is 34.7 Å². The summed E-state index contributed by atoms with van der Waals surface area (Å²) in [5.74, 6) is -1.54. The summed E-state index contributed by atoms with van der Waals surface area (Å²) in [4.78, 5) is 58.1. The Morgan fingerprint density at radius 3 is 2.11 bits per heavy atom. The maximum atomic E-state index is 14.7. The van der Waals surface area contributed by atoms with Crippen LogP contribution in [0, 0.1) is 5.92 Å². The molecule has 5 aromatic carbocycles. The Balaban J connectivity index is 1.05. The zero-order valence-electron chi connectivity index (χ0n) is 31.1. The van der Waals surface area contributed by atoms with E-state index in [2.05, 4.69) is 10.2 Å². The number of rotatable bonds is 9. The van der Waals surface area contributed by atoms with E-state index in [-0.39, 0.29) is 42.6 Å². The standard InChI is InChI=1S/C45H40N6O6/c1-28(10-8-19-41(53)48-26-31-13-3-2-12-30(31)23-34(48)27-52)45(57)37-24-33(51-43(55)36-16-5-7-18-39(36)47-51)20-21-40(37)49(44(45)56)25-29-11-9-14-32(22-29)50-42(54)35-15-4-6-17-38(35)46-50/h2-18,20-22,24,28,34,46-47,52,57H,19,23,25-27H2,1H3/b10-8+/t28-,34+,45+/m1/s1. The van der Waals surface area contributed by atoms with E-state index in [0.29, 0.717) is 63.0 Å². The fourth-order valence-corrected chi connectivity index (χ4v) is 8.36. The van der Waals surface area contributed by atoms with Gasteiger partial charge in [-0.25, -0.2) is 9.36 Å². The Bertz CT molecular complexity index is 2870. The molecule has 2 amide bonds. The van der Waals surface area contributed by atoms with E-state index in [0.717, 1.165) is 11.1 Å². The van der Waals surface area contributed by atoms with Gasteiger partial charge in [-0.1, -0.05) is 79.7 Å². The lowest BCUT2D eigenvalue weighted by atomic mass is 9.82. The van der Waals surface area contributed by atoms with Gasteiger partial charge in [0.2, 0.25) is 5.91 Å². The van der Waals surface area contributed by atoms with E-state index in [1.54, 1.807) is 72.5 Å². The van der Waals surface area contributed by atoms with Crippen LogP contribution in [0.5, 0.6) is 0 Å². The van der Waals surface area contributed by atoms with Crippen molar-refractivity contribution in [2.45, 2.75) is 44.5 Å². The molecule has 12 nitrogen and oxygen atoms in total. The first-order valence-corrected chi connectivity index (χ1v) is 19.0. The number of amides is 2. The maximum Gasteiger partial charge on any atom is 0.279 e. The predicted molar refractivity (Wildman–Crippen MR) is 217 cm³/mol. The third kappa shape index (κ3) is 6.01. The highest BCUT2D eigenvalue weighted by atomic mass is 16.3. The topological polar surface area (TPSA) is 157 Å². The lowest BCUT2D eigenvalue weighted by Gasteiger charge is -2.36. The number of nitrogens with one attached hydrogen (secondary N) is 2. The summed E-state index contributed by atoms with van der Waals surface area (Å²) in [6.07, 6.45) is 3.92. The second-order valence-electron chi connectivity index (χ2n) is 14.9. The van der Waals surface area contributed by atoms with Crippen LogP contribution in [0.4, 0.5) is 5.69 Å². The van der Waals surface area contributed by atoms with E-state index < -0.39 is 17.4 Å². The molecule has 4 N–H and O–H groups in total. The Morgan fingerprint density at radius 2 is 1.44 bits per heavy atom. The minimum absolute atomic E-state index is 0.00820. The van der Waals surface area contributed by atoms with Crippen molar-refractivity contribution in [3.8, 4) is 11.4 Å². The second-order valence-corrected chi connectivity index (χ2v) is 14.9. The number of carbonyl (C=O) groups excluding carboxylic acids is 2. The highest BCUT2D eigenvalue weighted by Gasteiger charge is 2.52. The minimum Gasteiger partial charge on any atom is -0.394 e. The van der Waals surface area contributed by atoms with Crippen LogP contribution in [0.15, 0.2) is 137 Å². The summed E-state index contributed by atoms with van der Waals surface area (Å²) in [6.45, 7) is 2.03. The molecule has 0 radical (unpaired) electrons. The highest BCUT2D eigenvalue weighted by Crippen LogP contribution is 2.46. The molecular weight excluding hydrogens is 721 g/mol. The third-order valence-corrected chi connectivity index (χ3v) is 11.5. The number of carbonyl (C=O) groups is 2. The van der Waals surface area contributed by atoms with Gasteiger partial charge in [-0.2, -0.15) is 0 Å². The predicted octanol–water partition coefficient (Wildman–Crippen LogP) is 5.21. The number of aliphatic hydroxyl groups is 2. The van der Waals surface area contributed by atoms with Crippen molar-refractivity contribution in [1.29, 1.82) is 0 Å². The van der Waals surface area contributed by atoms with Gasteiger partial charge in [-0.3, -0.25) is 29.4 Å². The summed E-state index contributed by atoms with van der Waals surface area (Å²) in [5, 5.41) is 30.1. The van der Waals surface area contributed by atoms with Crippen molar-refractivity contribution < 1.29 is 19.8 Å². The molecule has 9 rings (SSSR count).